The SMILES string of the molecule is CCOC(=O)c1cc(C(=O)NCCCc2ccccc2)cc([N+](=O)[O-])c1. The molecule has 0 fully saturated rings. The molecule has 0 aromatic heterocycles. The van der Waals surface area contributed by atoms with E-state index in [9.17, 15) is 19.7 Å². The van der Waals surface area contributed by atoms with Crippen molar-refractivity contribution in [3.63, 3.8) is 0 Å². The highest BCUT2D eigenvalue weighted by Crippen LogP contribution is 2.18. The molecule has 0 unspecified atom stereocenters. The maximum atomic E-state index is 12.3. The van der Waals surface area contributed by atoms with Gasteiger partial charge in [0.25, 0.3) is 11.6 Å². The Kier molecular flexibility index (Phi) is 6.84. The predicted octanol–water partition coefficient (Wildman–Crippen LogP) is 3.13. The van der Waals surface area contributed by atoms with E-state index in [1.807, 2.05) is 30.3 Å². The lowest BCUT2D eigenvalue weighted by Crippen LogP contribution is -2.25. The number of carbonyl (C=O) groups excluding carboxylic acids is 2. The van der Waals surface area contributed by atoms with Gasteiger partial charge in [-0.1, -0.05) is 30.3 Å². The summed E-state index contributed by atoms with van der Waals surface area (Å²) in [5.41, 5.74) is 0.879. The molecule has 0 aliphatic carbocycles. The number of amides is 1. The molecule has 0 radical (unpaired) electrons. The van der Waals surface area contributed by atoms with Crippen LogP contribution in [0.15, 0.2) is 48.5 Å². The second kappa shape index (κ2) is 9.31. The number of hydrogen-bond acceptors (Lipinski definition) is 5. The van der Waals surface area contributed by atoms with E-state index in [0.717, 1.165) is 25.0 Å². The molecule has 136 valence electrons. The molecule has 2 aromatic carbocycles. The van der Waals surface area contributed by atoms with Gasteiger partial charge in [0.1, 0.15) is 0 Å². The van der Waals surface area contributed by atoms with E-state index in [-0.39, 0.29) is 23.4 Å². The summed E-state index contributed by atoms with van der Waals surface area (Å²) in [5, 5.41) is 13.8. The van der Waals surface area contributed by atoms with Crippen LogP contribution in [-0.2, 0) is 11.2 Å². The van der Waals surface area contributed by atoms with Crippen molar-refractivity contribution in [1.82, 2.24) is 5.32 Å². The van der Waals surface area contributed by atoms with Gasteiger partial charge in [0.15, 0.2) is 0 Å². The minimum atomic E-state index is -0.700. The van der Waals surface area contributed by atoms with E-state index in [4.69, 9.17) is 4.74 Å². The Hall–Kier alpha value is -3.22. The largest absolute Gasteiger partial charge is 0.462 e. The number of carbonyl (C=O) groups is 2. The van der Waals surface area contributed by atoms with E-state index >= 15 is 0 Å². The summed E-state index contributed by atoms with van der Waals surface area (Å²) in [5.74, 6) is -1.17. The fourth-order valence-electron chi connectivity index (χ4n) is 2.42. The summed E-state index contributed by atoms with van der Waals surface area (Å²) in [4.78, 5) is 34.5. The van der Waals surface area contributed by atoms with Crippen molar-refractivity contribution in [3.8, 4) is 0 Å². The minimum Gasteiger partial charge on any atom is -0.462 e. The van der Waals surface area contributed by atoms with Crippen molar-refractivity contribution >= 4 is 17.6 Å². The zero-order valence-electron chi connectivity index (χ0n) is 14.4. The van der Waals surface area contributed by atoms with Crippen LogP contribution < -0.4 is 5.32 Å². The molecule has 1 N–H and O–H groups in total. The first kappa shape index (κ1) is 19.1. The third-order valence-corrected chi connectivity index (χ3v) is 3.67. The second-order valence-corrected chi connectivity index (χ2v) is 5.59. The topological polar surface area (TPSA) is 98.5 Å². The molecular weight excluding hydrogens is 336 g/mol. The van der Waals surface area contributed by atoms with E-state index < -0.39 is 16.8 Å². The zero-order chi connectivity index (χ0) is 18.9. The number of hydrogen-bond donors (Lipinski definition) is 1. The summed E-state index contributed by atoms with van der Waals surface area (Å²) < 4.78 is 4.85. The number of non-ortho nitro benzene ring substituents is 1. The Balaban J connectivity index is 2.02. The van der Waals surface area contributed by atoms with Gasteiger partial charge in [-0.25, -0.2) is 4.79 Å². The van der Waals surface area contributed by atoms with E-state index in [2.05, 4.69) is 5.32 Å². The molecule has 0 atom stereocenters. The molecule has 0 aliphatic heterocycles. The van der Waals surface area contributed by atoms with Gasteiger partial charge in [-0.3, -0.25) is 14.9 Å². The molecule has 2 rings (SSSR count). The highest BCUT2D eigenvalue weighted by molar-refractivity contribution is 5.99. The smallest absolute Gasteiger partial charge is 0.338 e. The quantitative estimate of drug-likeness (QED) is 0.339. The number of nitrogens with zero attached hydrogens (tertiary/aromatic N) is 1. The van der Waals surface area contributed by atoms with Crippen molar-refractivity contribution < 1.29 is 19.2 Å². The number of aryl methyl sites for hydroxylation is 1. The van der Waals surface area contributed by atoms with Crippen molar-refractivity contribution in [3.05, 3.63) is 75.3 Å². The van der Waals surface area contributed by atoms with Gasteiger partial charge >= 0.3 is 5.97 Å². The van der Waals surface area contributed by atoms with Gasteiger partial charge in [-0.05, 0) is 31.4 Å². The van der Waals surface area contributed by atoms with Gasteiger partial charge < -0.3 is 10.1 Å². The third-order valence-electron chi connectivity index (χ3n) is 3.67. The standard InChI is InChI=1S/C19H20N2O5/c1-2-26-19(23)16-11-15(12-17(13-16)21(24)25)18(22)20-10-6-9-14-7-4-3-5-8-14/h3-5,7-8,11-13H,2,6,9-10H2,1H3,(H,20,22). The molecule has 7 heteroatoms. The van der Waals surface area contributed by atoms with Crippen LogP contribution in [0.5, 0.6) is 0 Å². The second-order valence-electron chi connectivity index (χ2n) is 5.59. The summed E-state index contributed by atoms with van der Waals surface area (Å²) in [6.07, 6.45) is 1.54. The predicted molar refractivity (Wildman–Crippen MR) is 96.1 cm³/mol. The average Bonchev–Trinajstić information content (AvgIpc) is 2.65. The molecule has 0 heterocycles. The van der Waals surface area contributed by atoms with Gasteiger partial charge in [-0.15, -0.1) is 0 Å². The Morgan fingerprint density at radius 3 is 2.46 bits per heavy atom. The van der Waals surface area contributed by atoms with Gasteiger partial charge in [0.05, 0.1) is 17.1 Å². The summed E-state index contributed by atoms with van der Waals surface area (Å²) >= 11 is 0. The van der Waals surface area contributed by atoms with Gasteiger partial charge in [0.2, 0.25) is 0 Å². The lowest BCUT2D eigenvalue weighted by molar-refractivity contribution is -0.384. The maximum absolute atomic E-state index is 12.3. The molecule has 0 aliphatic rings. The molecule has 0 saturated carbocycles. The molecule has 0 saturated heterocycles. The molecule has 7 nitrogen and oxygen atoms in total. The number of nitrogens with one attached hydrogen (secondary N) is 1. The normalized spacial score (nSPS) is 10.2. The first-order valence-electron chi connectivity index (χ1n) is 8.30. The van der Waals surface area contributed by atoms with Crippen LogP contribution in [0, 0.1) is 10.1 Å². The number of rotatable bonds is 8. The summed E-state index contributed by atoms with van der Waals surface area (Å²) in [6, 6.07) is 13.4. The van der Waals surface area contributed by atoms with Crippen LogP contribution in [0.4, 0.5) is 5.69 Å². The van der Waals surface area contributed by atoms with Crippen LogP contribution in [0.3, 0.4) is 0 Å². The number of esters is 1. The fourth-order valence-corrected chi connectivity index (χ4v) is 2.42. The molecule has 26 heavy (non-hydrogen) atoms. The fraction of sp³-hybridized carbons (Fsp3) is 0.263. The Bertz CT molecular complexity index is 790. The Morgan fingerprint density at radius 1 is 1.12 bits per heavy atom. The first-order chi connectivity index (χ1) is 12.5. The third kappa shape index (κ3) is 5.41. The first-order valence-corrected chi connectivity index (χ1v) is 8.30. The zero-order valence-corrected chi connectivity index (χ0v) is 14.4. The van der Waals surface area contributed by atoms with Crippen molar-refractivity contribution in [1.29, 1.82) is 0 Å². The lowest BCUT2D eigenvalue weighted by atomic mass is 10.1. The van der Waals surface area contributed by atoms with Crippen LogP contribution in [0.2, 0.25) is 0 Å². The monoisotopic (exact) mass is 356 g/mol. The van der Waals surface area contributed by atoms with E-state index in [1.165, 1.54) is 11.6 Å². The highest BCUT2D eigenvalue weighted by Gasteiger charge is 2.18. The van der Waals surface area contributed by atoms with Crippen molar-refractivity contribution in [2.75, 3.05) is 13.2 Å². The highest BCUT2D eigenvalue weighted by atomic mass is 16.6. The van der Waals surface area contributed by atoms with Crippen LogP contribution in [0.1, 0.15) is 39.6 Å². The van der Waals surface area contributed by atoms with Crippen LogP contribution >= 0.6 is 0 Å². The maximum Gasteiger partial charge on any atom is 0.338 e. The number of benzene rings is 2. The van der Waals surface area contributed by atoms with Crippen molar-refractivity contribution in [2.24, 2.45) is 0 Å². The summed E-state index contributed by atoms with van der Waals surface area (Å²) in [7, 11) is 0. The molecular formula is C19H20N2O5. The van der Waals surface area contributed by atoms with Gasteiger partial charge in [-0.2, -0.15) is 0 Å². The Labute approximate surface area is 151 Å². The molecule has 0 bridgehead atoms. The molecule has 2 aromatic rings. The number of nitro groups is 1. The van der Waals surface area contributed by atoms with Crippen molar-refractivity contribution in [2.45, 2.75) is 19.8 Å². The average molecular weight is 356 g/mol. The van der Waals surface area contributed by atoms with Crippen LogP contribution in [-0.4, -0.2) is 30.0 Å². The molecule has 0 spiro atoms. The molecule has 1 amide bonds. The van der Waals surface area contributed by atoms with E-state index in [0.29, 0.717) is 6.54 Å². The number of ether oxygens (including phenoxy) is 1. The Morgan fingerprint density at radius 2 is 1.81 bits per heavy atom. The number of nitro benzene ring substituents is 1. The minimum absolute atomic E-state index is 0.0181. The summed E-state index contributed by atoms with van der Waals surface area (Å²) in [6.45, 7) is 2.20. The van der Waals surface area contributed by atoms with Crippen LogP contribution in [0.25, 0.3) is 0 Å². The van der Waals surface area contributed by atoms with Gasteiger partial charge in [0, 0.05) is 24.2 Å². The lowest BCUT2D eigenvalue weighted by Gasteiger charge is -2.07. The van der Waals surface area contributed by atoms with E-state index in [1.54, 1.807) is 6.92 Å².